The summed E-state index contributed by atoms with van der Waals surface area (Å²) in [7, 11) is 0. The molecule has 0 aliphatic carbocycles. The van der Waals surface area contributed by atoms with Crippen molar-refractivity contribution in [1.29, 1.82) is 0 Å². The summed E-state index contributed by atoms with van der Waals surface area (Å²) in [5.41, 5.74) is -0.584. The molecule has 0 aliphatic heterocycles. The molecular weight excluding hydrogens is 360 g/mol. The van der Waals surface area contributed by atoms with Gasteiger partial charge < -0.3 is 14.6 Å². The number of esters is 2. The van der Waals surface area contributed by atoms with Crippen molar-refractivity contribution in [3.05, 3.63) is 20.8 Å². The van der Waals surface area contributed by atoms with E-state index in [4.69, 9.17) is 9.47 Å². The van der Waals surface area contributed by atoms with Crippen LogP contribution in [0.15, 0.2) is 15.9 Å². The predicted molar refractivity (Wildman–Crippen MR) is 83.3 cm³/mol. The van der Waals surface area contributed by atoms with E-state index in [1.165, 1.54) is 11.3 Å². The standard InChI is InChI=1S/C14H19BrO5S/c1-4-14(2,3)13(18)20-8-9(16)7-19-12(17)10-5-6-11(15)21-10/h5-6,9,16H,4,7-8H2,1-3H3. The molecule has 0 aromatic carbocycles. The normalized spacial score (nSPS) is 12.8. The van der Waals surface area contributed by atoms with E-state index in [9.17, 15) is 14.7 Å². The lowest BCUT2D eigenvalue weighted by Crippen LogP contribution is -2.31. The highest BCUT2D eigenvalue weighted by Crippen LogP contribution is 2.23. The molecular formula is C14H19BrO5S. The fraction of sp³-hybridized carbons (Fsp3) is 0.571. The second kappa shape index (κ2) is 7.91. The molecule has 1 atom stereocenters. The first-order chi connectivity index (χ1) is 9.76. The third kappa shape index (κ3) is 5.76. The van der Waals surface area contributed by atoms with Gasteiger partial charge in [0.2, 0.25) is 0 Å². The molecule has 0 fully saturated rings. The van der Waals surface area contributed by atoms with Crippen LogP contribution in [0.25, 0.3) is 0 Å². The molecule has 1 aromatic rings. The van der Waals surface area contributed by atoms with Crippen LogP contribution in [0.5, 0.6) is 0 Å². The summed E-state index contributed by atoms with van der Waals surface area (Å²) < 4.78 is 10.8. The number of ether oxygens (including phenoxy) is 2. The van der Waals surface area contributed by atoms with Crippen LogP contribution in [0.1, 0.15) is 36.9 Å². The molecule has 1 rings (SSSR count). The smallest absolute Gasteiger partial charge is 0.348 e. The second-order valence-electron chi connectivity index (χ2n) is 5.19. The SMILES string of the molecule is CCC(C)(C)C(=O)OCC(O)COC(=O)c1ccc(Br)s1. The van der Waals surface area contributed by atoms with Gasteiger partial charge in [-0.05, 0) is 48.3 Å². The highest BCUT2D eigenvalue weighted by molar-refractivity contribution is 9.11. The molecule has 0 amide bonds. The van der Waals surface area contributed by atoms with E-state index in [-0.39, 0.29) is 19.2 Å². The molecule has 0 bridgehead atoms. The van der Waals surface area contributed by atoms with Gasteiger partial charge in [-0.3, -0.25) is 4.79 Å². The van der Waals surface area contributed by atoms with Crippen molar-refractivity contribution in [3.8, 4) is 0 Å². The van der Waals surface area contributed by atoms with Crippen LogP contribution in [-0.2, 0) is 14.3 Å². The summed E-state index contributed by atoms with van der Waals surface area (Å²) in [6.07, 6.45) is -0.390. The van der Waals surface area contributed by atoms with Crippen molar-refractivity contribution in [1.82, 2.24) is 0 Å². The Morgan fingerprint density at radius 2 is 1.95 bits per heavy atom. The van der Waals surface area contributed by atoms with E-state index < -0.39 is 17.5 Å². The Kier molecular flexibility index (Phi) is 6.83. The average Bonchev–Trinajstić information content (AvgIpc) is 2.88. The molecule has 0 aliphatic rings. The van der Waals surface area contributed by atoms with Crippen molar-refractivity contribution < 1.29 is 24.2 Å². The van der Waals surface area contributed by atoms with Crippen molar-refractivity contribution in [2.24, 2.45) is 5.41 Å². The maximum Gasteiger partial charge on any atom is 0.348 e. The molecule has 1 unspecified atom stereocenters. The molecule has 0 saturated carbocycles. The third-order valence-corrected chi connectivity index (χ3v) is 4.63. The number of aliphatic hydroxyl groups is 1. The molecule has 5 nitrogen and oxygen atoms in total. The number of aliphatic hydroxyl groups excluding tert-OH is 1. The maximum absolute atomic E-state index is 11.7. The van der Waals surface area contributed by atoms with E-state index >= 15 is 0 Å². The largest absolute Gasteiger partial charge is 0.462 e. The molecule has 1 aromatic heterocycles. The lowest BCUT2D eigenvalue weighted by Gasteiger charge is -2.21. The zero-order chi connectivity index (χ0) is 16.0. The van der Waals surface area contributed by atoms with Gasteiger partial charge in [-0.2, -0.15) is 0 Å². The van der Waals surface area contributed by atoms with Crippen molar-refractivity contribution >= 4 is 39.2 Å². The Labute approximate surface area is 136 Å². The van der Waals surface area contributed by atoms with E-state index in [1.807, 2.05) is 6.92 Å². The van der Waals surface area contributed by atoms with Crippen LogP contribution in [0.4, 0.5) is 0 Å². The summed E-state index contributed by atoms with van der Waals surface area (Å²) >= 11 is 4.50. The molecule has 1 heterocycles. The Hall–Kier alpha value is -0.920. The molecule has 0 spiro atoms. The fourth-order valence-corrected chi connectivity index (χ4v) is 2.51. The van der Waals surface area contributed by atoms with E-state index in [1.54, 1.807) is 26.0 Å². The number of hydrogen-bond donors (Lipinski definition) is 1. The van der Waals surface area contributed by atoms with E-state index in [0.29, 0.717) is 11.3 Å². The van der Waals surface area contributed by atoms with Gasteiger partial charge in [-0.25, -0.2) is 4.79 Å². The lowest BCUT2D eigenvalue weighted by molar-refractivity contribution is -0.157. The van der Waals surface area contributed by atoms with Crippen LogP contribution in [0.2, 0.25) is 0 Å². The van der Waals surface area contributed by atoms with Crippen LogP contribution < -0.4 is 0 Å². The number of carbonyl (C=O) groups excluding carboxylic acids is 2. The molecule has 1 N–H and O–H groups in total. The summed E-state index contributed by atoms with van der Waals surface area (Å²) in [5, 5.41) is 9.68. The average molecular weight is 379 g/mol. The third-order valence-electron chi connectivity index (χ3n) is 3.02. The first kappa shape index (κ1) is 18.1. The van der Waals surface area contributed by atoms with Gasteiger partial charge >= 0.3 is 11.9 Å². The minimum atomic E-state index is -1.03. The number of halogens is 1. The minimum Gasteiger partial charge on any atom is -0.462 e. The minimum absolute atomic E-state index is 0.191. The van der Waals surface area contributed by atoms with Crippen LogP contribution in [0.3, 0.4) is 0 Å². The first-order valence-electron chi connectivity index (χ1n) is 6.54. The van der Waals surface area contributed by atoms with E-state index in [2.05, 4.69) is 15.9 Å². The molecule has 118 valence electrons. The lowest BCUT2D eigenvalue weighted by atomic mass is 9.91. The van der Waals surface area contributed by atoms with Gasteiger partial charge in [-0.1, -0.05) is 6.92 Å². The van der Waals surface area contributed by atoms with Crippen molar-refractivity contribution in [3.63, 3.8) is 0 Å². The first-order valence-corrected chi connectivity index (χ1v) is 8.15. The number of carbonyl (C=O) groups is 2. The Bertz CT molecular complexity index is 497. The highest BCUT2D eigenvalue weighted by atomic mass is 79.9. The Balaban J connectivity index is 2.33. The van der Waals surface area contributed by atoms with Gasteiger partial charge in [0.05, 0.1) is 9.20 Å². The van der Waals surface area contributed by atoms with Crippen LogP contribution in [-0.4, -0.2) is 36.4 Å². The number of rotatable bonds is 7. The van der Waals surface area contributed by atoms with Gasteiger partial charge in [-0.15, -0.1) is 11.3 Å². The fourth-order valence-electron chi connectivity index (χ4n) is 1.23. The Morgan fingerprint density at radius 1 is 1.33 bits per heavy atom. The molecule has 0 radical (unpaired) electrons. The zero-order valence-corrected chi connectivity index (χ0v) is 14.6. The van der Waals surface area contributed by atoms with Crippen molar-refractivity contribution in [2.75, 3.05) is 13.2 Å². The van der Waals surface area contributed by atoms with Gasteiger partial charge in [0.1, 0.15) is 24.2 Å². The van der Waals surface area contributed by atoms with Crippen LogP contribution >= 0.6 is 27.3 Å². The van der Waals surface area contributed by atoms with Crippen LogP contribution in [0, 0.1) is 5.41 Å². The maximum atomic E-state index is 11.7. The van der Waals surface area contributed by atoms with Gasteiger partial charge in [0.25, 0.3) is 0 Å². The van der Waals surface area contributed by atoms with E-state index in [0.717, 1.165) is 3.79 Å². The summed E-state index contributed by atoms with van der Waals surface area (Å²) in [6, 6.07) is 3.37. The van der Waals surface area contributed by atoms with Crippen molar-refractivity contribution in [2.45, 2.75) is 33.3 Å². The topological polar surface area (TPSA) is 72.8 Å². The number of thiophene rings is 1. The Morgan fingerprint density at radius 3 is 2.48 bits per heavy atom. The number of hydrogen-bond acceptors (Lipinski definition) is 6. The molecule has 0 saturated heterocycles. The van der Waals surface area contributed by atoms with Gasteiger partial charge in [0, 0.05) is 0 Å². The summed E-state index contributed by atoms with van der Waals surface area (Å²) in [5.74, 6) is -0.887. The predicted octanol–water partition coefficient (Wildman–Crippen LogP) is 3.01. The molecule has 7 heteroatoms. The quantitative estimate of drug-likeness (QED) is 0.738. The highest BCUT2D eigenvalue weighted by Gasteiger charge is 2.27. The molecule has 21 heavy (non-hydrogen) atoms. The zero-order valence-electron chi connectivity index (χ0n) is 12.2. The van der Waals surface area contributed by atoms with Gasteiger partial charge in [0.15, 0.2) is 0 Å². The second-order valence-corrected chi connectivity index (χ2v) is 7.65. The monoisotopic (exact) mass is 378 g/mol. The summed E-state index contributed by atoms with van der Waals surface area (Å²) in [4.78, 5) is 23.8. The summed E-state index contributed by atoms with van der Waals surface area (Å²) in [6.45, 7) is 5.03.